The third-order valence-electron chi connectivity index (χ3n) is 4.09. The molecule has 158 valence electrons. The zero-order valence-electron chi connectivity index (χ0n) is 17.1. The quantitative estimate of drug-likeness (QED) is 0.460. The van der Waals surface area contributed by atoms with Gasteiger partial charge in [-0.3, -0.25) is 4.79 Å². The van der Waals surface area contributed by atoms with Crippen LogP contribution in [0, 0.1) is 0 Å². The zero-order valence-corrected chi connectivity index (χ0v) is 18.7. The van der Waals surface area contributed by atoms with E-state index >= 15 is 0 Å². The van der Waals surface area contributed by atoms with Gasteiger partial charge in [0.2, 0.25) is 11.8 Å². The molecule has 0 saturated heterocycles. The number of carbonyl (C=O) groups is 1. The molecule has 0 saturated carbocycles. The summed E-state index contributed by atoms with van der Waals surface area (Å²) in [4.78, 5) is 18.5. The smallest absolute Gasteiger partial charge is 0.228 e. The van der Waals surface area contributed by atoms with E-state index in [1.165, 1.54) is 0 Å². The summed E-state index contributed by atoms with van der Waals surface area (Å²) in [5.41, 5.74) is 0.558. The van der Waals surface area contributed by atoms with Crippen molar-refractivity contribution in [1.82, 2.24) is 10.1 Å². The van der Waals surface area contributed by atoms with Gasteiger partial charge in [-0.1, -0.05) is 54.5 Å². The van der Waals surface area contributed by atoms with Gasteiger partial charge in [0.25, 0.3) is 0 Å². The van der Waals surface area contributed by atoms with E-state index in [-0.39, 0.29) is 24.2 Å². The highest BCUT2D eigenvalue weighted by atomic mass is 79.9. The van der Waals surface area contributed by atoms with E-state index in [4.69, 9.17) is 9.26 Å². The number of allylic oxidation sites excluding steroid dienone is 1. The highest BCUT2D eigenvalue weighted by molar-refractivity contribution is 9.10. The van der Waals surface area contributed by atoms with E-state index in [0.29, 0.717) is 37.9 Å². The number of halogens is 2. The lowest BCUT2D eigenvalue weighted by Gasteiger charge is -2.23. The van der Waals surface area contributed by atoms with Crippen molar-refractivity contribution in [2.45, 2.75) is 45.4 Å². The Morgan fingerprint density at radius 3 is 2.69 bits per heavy atom. The van der Waals surface area contributed by atoms with E-state index in [0.717, 1.165) is 10.2 Å². The molecule has 0 aliphatic carbocycles. The normalized spacial score (nSPS) is 11.5. The molecular formula is C21H27BrFN3O3. The lowest BCUT2D eigenvalue weighted by molar-refractivity contribution is -0.118. The molecule has 0 fully saturated rings. The third-order valence-corrected chi connectivity index (χ3v) is 4.58. The van der Waals surface area contributed by atoms with Gasteiger partial charge in [0.1, 0.15) is 0 Å². The van der Waals surface area contributed by atoms with Crippen LogP contribution in [0.25, 0.3) is 0 Å². The van der Waals surface area contributed by atoms with Gasteiger partial charge in [-0.2, -0.15) is 4.98 Å². The van der Waals surface area contributed by atoms with Crippen molar-refractivity contribution in [1.29, 1.82) is 0 Å². The molecule has 0 unspecified atom stereocenters. The average molecular weight is 468 g/mol. The molecule has 0 bridgehead atoms. The molecule has 8 heteroatoms. The van der Waals surface area contributed by atoms with Gasteiger partial charge in [0.05, 0.1) is 25.5 Å². The molecule has 1 aromatic carbocycles. The van der Waals surface area contributed by atoms with Crippen LogP contribution in [0.3, 0.4) is 0 Å². The predicted molar refractivity (Wildman–Crippen MR) is 113 cm³/mol. The van der Waals surface area contributed by atoms with E-state index in [2.05, 4.69) is 32.6 Å². The first-order valence-electron chi connectivity index (χ1n) is 9.47. The fourth-order valence-electron chi connectivity index (χ4n) is 2.50. The highest BCUT2D eigenvalue weighted by Gasteiger charge is 2.21. The van der Waals surface area contributed by atoms with Crippen molar-refractivity contribution in [3.05, 3.63) is 52.9 Å². The molecule has 0 aliphatic rings. The maximum Gasteiger partial charge on any atom is 0.228 e. The van der Waals surface area contributed by atoms with Gasteiger partial charge >= 0.3 is 0 Å². The molecule has 1 heterocycles. The van der Waals surface area contributed by atoms with Crippen molar-refractivity contribution in [3.63, 3.8) is 0 Å². The lowest BCUT2D eigenvalue weighted by atomic mass is 9.96. The number of rotatable bonds is 10. The molecule has 1 aromatic heterocycles. The Labute approximate surface area is 179 Å². The van der Waals surface area contributed by atoms with E-state index in [1.807, 2.05) is 45.0 Å². The summed E-state index contributed by atoms with van der Waals surface area (Å²) < 4.78 is 24.7. The number of hydrogen-bond donors (Lipinski definition) is 0. The maximum absolute atomic E-state index is 13.0. The van der Waals surface area contributed by atoms with Crippen LogP contribution in [-0.4, -0.2) is 35.8 Å². The summed E-state index contributed by atoms with van der Waals surface area (Å²) in [5, 5.41) is 3.98. The second-order valence-corrected chi connectivity index (χ2v) is 8.58. The number of carbonyl (C=O) groups excluding carboxylic acids is 1. The van der Waals surface area contributed by atoms with Crippen molar-refractivity contribution in [3.8, 4) is 0 Å². The fraction of sp³-hybridized carbons (Fsp3) is 0.476. The minimum absolute atomic E-state index is 0.0114. The first-order valence-corrected chi connectivity index (χ1v) is 10.3. The first-order chi connectivity index (χ1) is 13.7. The van der Waals surface area contributed by atoms with Crippen LogP contribution in [-0.2, 0) is 21.4 Å². The number of amides is 1. The van der Waals surface area contributed by atoms with Crippen molar-refractivity contribution in [2.24, 2.45) is 0 Å². The molecule has 2 rings (SSSR count). The minimum atomic E-state index is -0.502. The Morgan fingerprint density at radius 1 is 1.31 bits per heavy atom. The fourth-order valence-corrected chi connectivity index (χ4v) is 2.88. The van der Waals surface area contributed by atoms with Gasteiger partial charge < -0.3 is 14.2 Å². The van der Waals surface area contributed by atoms with Gasteiger partial charge in [-0.25, -0.2) is 4.39 Å². The van der Waals surface area contributed by atoms with E-state index in [1.54, 1.807) is 4.90 Å². The second-order valence-electron chi connectivity index (χ2n) is 7.67. The number of benzene rings is 1. The summed E-state index contributed by atoms with van der Waals surface area (Å²) in [6.45, 7) is 10.3. The average Bonchev–Trinajstić information content (AvgIpc) is 3.12. The molecule has 0 radical (unpaired) electrons. The summed E-state index contributed by atoms with van der Waals surface area (Å²) in [6.07, 6.45) is 0.562. The van der Waals surface area contributed by atoms with Gasteiger partial charge in [0, 0.05) is 35.0 Å². The Hall–Kier alpha value is -2.06. The Bertz CT molecular complexity index is 833. The van der Waals surface area contributed by atoms with Gasteiger partial charge in [-0.15, -0.1) is 0 Å². The summed E-state index contributed by atoms with van der Waals surface area (Å²) in [5.74, 6) is 0.500. The van der Waals surface area contributed by atoms with Crippen molar-refractivity contribution >= 4 is 27.5 Å². The first kappa shape index (κ1) is 23.2. The molecule has 0 aliphatic heterocycles. The highest BCUT2D eigenvalue weighted by Crippen LogP contribution is 2.22. The maximum atomic E-state index is 13.0. The summed E-state index contributed by atoms with van der Waals surface area (Å²) in [6, 6.07) is 7.40. The molecule has 6 nitrogen and oxygen atoms in total. The number of aromatic nitrogens is 2. The molecule has 29 heavy (non-hydrogen) atoms. The number of hydrogen-bond acceptors (Lipinski definition) is 5. The lowest BCUT2D eigenvalue weighted by Crippen LogP contribution is -2.34. The predicted octanol–water partition coefficient (Wildman–Crippen LogP) is 4.99. The van der Waals surface area contributed by atoms with Crippen LogP contribution in [0.2, 0.25) is 0 Å². The largest absolute Gasteiger partial charge is 0.379 e. The van der Waals surface area contributed by atoms with Crippen LogP contribution in [0.15, 0.2) is 45.7 Å². The molecule has 2 aromatic rings. The van der Waals surface area contributed by atoms with Crippen molar-refractivity contribution < 1.29 is 18.4 Å². The third kappa shape index (κ3) is 7.70. The van der Waals surface area contributed by atoms with Crippen molar-refractivity contribution in [2.75, 3.05) is 24.7 Å². The topological polar surface area (TPSA) is 68.5 Å². The van der Waals surface area contributed by atoms with E-state index < -0.39 is 5.83 Å². The Kier molecular flexibility index (Phi) is 8.52. The van der Waals surface area contributed by atoms with Crippen LogP contribution in [0.4, 0.5) is 10.1 Å². The standard InChI is InChI=1S/C21H27BrFN3O3/c1-15(23)8-9-19(27)26(17-7-5-6-16(22)14-17)11-13-28-12-10-18-24-20(25-29-18)21(2,3)4/h5-7,14H,1,8-13H2,2-4H3. The van der Waals surface area contributed by atoms with E-state index in [9.17, 15) is 9.18 Å². The SMILES string of the molecule is C=C(F)CCC(=O)N(CCOCCc1nc(C(C)(C)C)no1)c1cccc(Br)c1. The van der Waals surface area contributed by atoms with Crippen LogP contribution in [0.1, 0.15) is 45.3 Å². The number of nitrogens with zero attached hydrogens (tertiary/aromatic N) is 3. The number of ether oxygens (including phenoxy) is 1. The van der Waals surface area contributed by atoms with Crippen LogP contribution in [0.5, 0.6) is 0 Å². The zero-order chi connectivity index (χ0) is 21.4. The minimum Gasteiger partial charge on any atom is -0.379 e. The molecule has 0 spiro atoms. The second kappa shape index (κ2) is 10.6. The Morgan fingerprint density at radius 2 is 2.07 bits per heavy atom. The monoisotopic (exact) mass is 467 g/mol. The van der Waals surface area contributed by atoms with Gasteiger partial charge in [-0.05, 0) is 18.2 Å². The van der Waals surface area contributed by atoms with Gasteiger partial charge in [0.15, 0.2) is 5.82 Å². The molecule has 0 atom stereocenters. The number of anilines is 1. The van der Waals surface area contributed by atoms with Crippen LogP contribution >= 0.6 is 15.9 Å². The molecule has 0 N–H and O–H groups in total. The summed E-state index contributed by atoms with van der Waals surface area (Å²) in [7, 11) is 0. The Balaban J connectivity index is 1.88. The molecular weight excluding hydrogens is 441 g/mol. The molecule has 1 amide bonds. The summed E-state index contributed by atoms with van der Waals surface area (Å²) >= 11 is 3.41. The van der Waals surface area contributed by atoms with Crippen LogP contribution < -0.4 is 4.90 Å².